The van der Waals surface area contributed by atoms with Crippen molar-refractivity contribution in [2.45, 2.75) is 0 Å². The van der Waals surface area contributed by atoms with Crippen molar-refractivity contribution in [1.29, 1.82) is 0 Å². The molecule has 0 spiro atoms. The molecule has 0 radical (unpaired) electrons. The normalized spacial score (nSPS) is 17.3. The van der Waals surface area contributed by atoms with Crippen molar-refractivity contribution in [3.63, 3.8) is 0 Å². The van der Waals surface area contributed by atoms with E-state index in [0.29, 0.717) is 15.1 Å². The molecule has 2 aromatic carbocycles. The van der Waals surface area contributed by atoms with Gasteiger partial charge in [0.2, 0.25) is 0 Å². The molecule has 0 unspecified atom stereocenters. The van der Waals surface area contributed by atoms with Gasteiger partial charge in [-0.15, -0.1) is 11.3 Å². The van der Waals surface area contributed by atoms with Crippen molar-refractivity contribution in [3.8, 4) is 11.1 Å². The minimum atomic E-state index is -0.0395. The zero-order valence-electron chi connectivity index (χ0n) is 14.4. The monoisotopic (exact) mass is 410 g/mol. The second-order valence-corrected chi connectivity index (χ2v) is 8.34. The summed E-state index contributed by atoms with van der Waals surface area (Å²) in [6.07, 6.45) is 1.94. The lowest BCUT2D eigenvalue weighted by Gasteiger charge is -2.06. The Balaban J connectivity index is 1.58. The van der Waals surface area contributed by atoms with E-state index in [1.165, 1.54) is 17.3 Å². The summed E-state index contributed by atoms with van der Waals surface area (Å²) in [6, 6.07) is 19.6. The predicted molar refractivity (Wildman–Crippen MR) is 117 cm³/mol. The second kappa shape index (κ2) is 7.72. The Labute approximate surface area is 171 Å². The number of hydrogen-bond acceptors (Lipinski definition) is 4. The zero-order chi connectivity index (χ0) is 18.8. The van der Waals surface area contributed by atoms with Crippen LogP contribution in [0.3, 0.4) is 0 Å². The molecule has 0 saturated carbocycles. The topological polar surface area (TPSA) is 32.7 Å². The van der Waals surface area contributed by atoms with Gasteiger partial charge >= 0.3 is 0 Å². The van der Waals surface area contributed by atoms with E-state index in [9.17, 15) is 4.79 Å². The Morgan fingerprint density at radius 2 is 1.78 bits per heavy atom. The van der Waals surface area contributed by atoms with Gasteiger partial charge in [0.25, 0.3) is 5.91 Å². The van der Waals surface area contributed by atoms with Crippen LogP contribution in [0.15, 0.2) is 75.9 Å². The third-order valence-corrected chi connectivity index (χ3v) is 6.25. The van der Waals surface area contributed by atoms with Crippen LogP contribution in [-0.2, 0) is 4.79 Å². The predicted octanol–water partition coefficient (Wildman–Crippen LogP) is 6.30. The van der Waals surface area contributed by atoms with E-state index in [1.807, 2.05) is 36.4 Å². The lowest BCUT2D eigenvalue weighted by atomic mass is 10.1. The first-order chi connectivity index (χ1) is 13.1. The van der Waals surface area contributed by atoms with Gasteiger partial charge in [-0.2, -0.15) is 0 Å². The van der Waals surface area contributed by atoms with Crippen LogP contribution in [-0.4, -0.2) is 23.0 Å². The maximum atomic E-state index is 12.6. The Morgan fingerprint density at radius 3 is 2.52 bits per heavy atom. The molecule has 1 amide bonds. The number of halogens is 1. The summed E-state index contributed by atoms with van der Waals surface area (Å²) in [7, 11) is 1.74. The number of thioether (sulfide) groups is 1. The van der Waals surface area contributed by atoms with Crippen molar-refractivity contribution >= 4 is 57.5 Å². The van der Waals surface area contributed by atoms with Crippen LogP contribution in [0.4, 0.5) is 5.69 Å². The lowest BCUT2D eigenvalue weighted by Crippen LogP contribution is -2.23. The molecule has 4 rings (SSSR count). The highest BCUT2D eigenvalue weighted by Gasteiger charge is 2.30. The molecular formula is C21H15ClN2OS2. The number of rotatable bonds is 3. The van der Waals surface area contributed by atoms with Crippen LogP contribution in [0.2, 0.25) is 5.02 Å². The summed E-state index contributed by atoms with van der Waals surface area (Å²) in [5, 5.41) is 3.43. The molecule has 27 heavy (non-hydrogen) atoms. The second-order valence-electron chi connectivity index (χ2n) is 5.95. The average molecular weight is 411 g/mol. The molecule has 2 heterocycles. The van der Waals surface area contributed by atoms with Gasteiger partial charge in [-0.25, -0.2) is 4.99 Å². The average Bonchev–Trinajstić information content (AvgIpc) is 3.26. The highest BCUT2D eigenvalue weighted by Crippen LogP contribution is 2.35. The largest absolute Gasteiger partial charge is 0.290 e. The van der Waals surface area contributed by atoms with Gasteiger partial charge in [0.15, 0.2) is 5.17 Å². The number of nitrogens with zero attached hydrogens (tertiary/aromatic N) is 2. The standard InChI is InChI=1S/C21H15ClN2OS2/c1-24-20(25)19(27-21(24)23-17-9-7-16(22)8-10-17)12-18-11-15(13-26-18)14-5-3-2-4-6-14/h2-13H,1H3/b19-12-,23-21?. The van der Waals surface area contributed by atoms with Gasteiger partial charge in [-0.1, -0.05) is 41.9 Å². The molecular weight excluding hydrogens is 396 g/mol. The summed E-state index contributed by atoms with van der Waals surface area (Å²) >= 11 is 8.93. The Morgan fingerprint density at radius 1 is 1.04 bits per heavy atom. The van der Waals surface area contributed by atoms with E-state index in [2.05, 4.69) is 28.6 Å². The number of thiophene rings is 1. The summed E-state index contributed by atoms with van der Waals surface area (Å²) in [6.45, 7) is 0. The van der Waals surface area contributed by atoms with Crippen molar-refractivity contribution < 1.29 is 4.79 Å². The van der Waals surface area contributed by atoms with Crippen molar-refractivity contribution in [2.24, 2.45) is 4.99 Å². The van der Waals surface area contributed by atoms with Crippen LogP contribution >= 0.6 is 34.7 Å². The SMILES string of the molecule is CN1C(=O)/C(=C/c2cc(-c3ccccc3)cs2)SC1=Nc1ccc(Cl)cc1. The molecule has 3 nitrogen and oxygen atoms in total. The van der Waals surface area contributed by atoms with Crippen LogP contribution in [0.1, 0.15) is 4.88 Å². The minimum absolute atomic E-state index is 0.0395. The molecule has 0 bridgehead atoms. The number of benzene rings is 2. The smallest absolute Gasteiger partial charge is 0.266 e. The summed E-state index contributed by atoms with van der Waals surface area (Å²) in [5.41, 5.74) is 3.10. The number of hydrogen-bond donors (Lipinski definition) is 0. The van der Waals surface area contributed by atoms with Crippen molar-refractivity contribution in [3.05, 3.63) is 80.8 Å². The molecule has 3 aromatic rings. The van der Waals surface area contributed by atoms with Crippen molar-refractivity contribution in [2.75, 3.05) is 7.05 Å². The molecule has 1 saturated heterocycles. The van der Waals surface area contributed by atoms with Gasteiger partial charge in [0.05, 0.1) is 10.6 Å². The maximum Gasteiger partial charge on any atom is 0.266 e. The molecule has 134 valence electrons. The molecule has 0 aliphatic carbocycles. The number of likely N-dealkylation sites (N-methyl/N-ethyl adjacent to an activating group) is 1. The molecule has 1 aliphatic heterocycles. The van der Waals surface area contributed by atoms with Gasteiger partial charge in [-0.3, -0.25) is 9.69 Å². The Bertz CT molecular complexity index is 1040. The fourth-order valence-corrected chi connectivity index (χ4v) is 4.64. The van der Waals surface area contributed by atoms with Gasteiger partial charge in [0.1, 0.15) is 0 Å². The number of aliphatic imine (C=N–C) groups is 1. The summed E-state index contributed by atoms with van der Waals surface area (Å²) in [4.78, 5) is 20.4. The number of carbonyl (C=O) groups excluding carboxylic acids is 1. The highest BCUT2D eigenvalue weighted by atomic mass is 35.5. The van der Waals surface area contributed by atoms with E-state index in [-0.39, 0.29) is 5.91 Å². The van der Waals surface area contributed by atoms with E-state index >= 15 is 0 Å². The third-order valence-electron chi connectivity index (χ3n) is 4.06. The van der Waals surface area contributed by atoms with Crippen LogP contribution in [0, 0.1) is 0 Å². The summed E-state index contributed by atoms with van der Waals surface area (Å²) < 4.78 is 0. The first kappa shape index (κ1) is 18.0. The lowest BCUT2D eigenvalue weighted by molar-refractivity contribution is -0.121. The third kappa shape index (κ3) is 4.00. The van der Waals surface area contributed by atoms with Crippen LogP contribution in [0.5, 0.6) is 0 Å². The van der Waals surface area contributed by atoms with E-state index in [4.69, 9.17) is 11.6 Å². The fourth-order valence-electron chi connectivity index (χ4n) is 2.62. The van der Waals surface area contributed by atoms with E-state index in [0.717, 1.165) is 16.1 Å². The molecule has 1 fully saturated rings. The summed E-state index contributed by atoms with van der Waals surface area (Å²) in [5.74, 6) is -0.0395. The zero-order valence-corrected chi connectivity index (χ0v) is 16.8. The van der Waals surface area contributed by atoms with Gasteiger partial charge in [-0.05, 0) is 64.7 Å². The first-order valence-electron chi connectivity index (χ1n) is 8.26. The minimum Gasteiger partial charge on any atom is -0.290 e. The van der Waals surface area contributed by atoms with Gasteiger partial charge in [0, 0.05) is 16.9 Å². The van der Waals surface area contributed by atoms with Crippen LogP contribution < -0.4 is 0 Å². The van der Waals surface area contributed by atoms with E-state index < -0.39 is 0 Å². The molecule has 1 aliphatic rings. The fraction of sp³-hybridized carbons (Fsp3) is 0.0476. The molecule has 0 atom stereocenters. The highest BCUT2D eigenvalue weighted by molar-refractivity contribution is 8.18. The van der Waals surface area contributed by atoms with Crippen LogP contribution in [0.25, 0.3) is 17.2 Å². The number of carbonyl (C=O) groups is 1. The molecule has 1 aromatic heterocycles. The number of amidine groups is 1. The van der Waals surface area contributed by atoms with E-state index in [1.54, 1.807) is 35.4 Å². The quantitative estimate of drug-likeness (QED) is 0.474. The first-order valence-corrected chi connectivity index (χ1v) is 10.3. The van der Waals surface area contributed by atoms with Gasteiger partial charge < -0.3 is 0 Å². The Kier molecular flexibility index (Phi) is 5.16. The maximum absolute atomic E-state index is 12.6. The Hall–Kier alpha value is -2.34. The molecule has 0 N–H and O–H groups in total. The number of amides is 1. The van der Waals surface area contributed by atoms with Crippen molar-refractivity contribution in [1.82, 2.24) is 4.90 Å². The molecule has 6 heteroatoms.